The Bertz CT molecular complexity index is 230. The first-order chi connectivity index (χ1) is 6.97. The van der Waals surface area contributed by atoms with Gasteiger partial charge in [-0.15, -0.1) is 12.3 Å². The van der Waals surface area contributed by atoms with Crippen molar-refractivity contribution in [3.05, 3.63) is 0 Å². The molecule has 0 aromatic carbocycles. The summed E-state index contributed by atoms with van der Waals surface area (Å²) in [5.74, 6) is 2.89. The first-order valence-electron chi connectivity index (χ1n) is 5.46. The van der Waals surface area contributed by atoms with Crippen LogP contribution in [0, 0.1) is 18.3 Å². The lowest BCUT2D eigenvalue weighted by molar-refractivity contribution is -0.122. The molecule has 3 nitrogen and oxygen atoms in total. The van der Waals surface area contributed by atoms with Crippen molar-refractivity contribution in [2.45, 2.75) is 52.1 Å². The van der Waals surface area contributed by atoms with Crippen LogP contribution in [0.3, 0.4) is 0 Å². The van der Waals surface area contributed by atoms with Crippen LogP contribution in [0.15, 0.2) is 0 Å². The predicted octanol–water partition coefficient (Wildman–Crippen LogP) is 1.28. The molecule has 0 aromatic heterocycles. The van der Waals surface area contributed by atoms with Crippen molar-refractivity contribution >= 4 is 5.91 Å². The molecule has 0 saturated heterocycles. The van der Waals surface area contributed by atoms with Crippen LogP contribution in [-0.2, 0) is 4.79 Å². The molecule has 3 heteroatoms. The number of hydrogen-bond acceptors (Lipinski definition) is 2. The Kier molecular flexibility index (Phi) is 6.81. The molecule has 86 valence electrons. The summed E-state index contributed by atoms with van der Waals surface area (Å²) >= 11 is 0. The van der Waals surface area contributed by atoms with Crippen molar-refractivity contribution in [1.29, 1.82) is 0 Å². The highest BCUT2D eigenvalue weighted by atomic mass is 16.2. The van der Waals surface area contributed by atoms with Crippen LogP contribution < -0.4 is 11.1 Å². The summed E-state index contributed by atoms with van der Waals surface area (Å²) in [5.41, 5.74) is 5.58. The van der Waals surface area contributed by atoms with E-state index >= 15 is 0 Å². The normalized spacial score (nSPS) is 14.4. The molecule has 0 aliphatic rings. The van der Waals surface area contributed by atoms with Gasteiger partial charge >= 0.3 is 0 Å². The van der Waals surface area contributed by atoms with E-state index in [-0.39, 0.29) is 11.9 Å². The quantitative estimate of drug-likeness (QED) is 0.649. The number of rotatable bonds is 6. The van der Waals surface area contributed by atoms with Crippen molar-refractivity contribution in [3.63, 3.8) is 0 Å². The van der Waals surface area contributed by atoms with Gasteiger partial charge < -0.3 is 11.1 Å². The maximum Gasteiger partial charge on any atom is 0.238 e. The van der Waals surface area contributed by atoms with E-state index in [2.05, 4.69) is 25.1 Å². The van der Waals surface area contributed by atoms with Gasteiger partial charge in [-0.3, -0.25) is 4.79 Å². The van der Waals surface area contributed by atoms with Gasteiger partial charge in [0.25, 0.3) is 0 Å². The molecule has 0 spiro atoms. The van der Waals surface area contributed by atoms with E-state index in [1.54, 1.807) is 0 Å². The van der Waals surface area contributed by atoms with Crippen LogP contribution in [0.25, 0.3) is 0 Å². The van der Waals surface area contributed by atoms with Crippen molar-refractivity contribution in [1.82, 2.24) is 5.32 Å². The van der Waals surface area contributed by atoms with Gasteiger partial charge in [-0.2, -0.15) is 0 Å². The standard InChI is InChI=1S/C12H22N2O/c1-5-6-11(13)12(15)14-10(4)8-7-9(2)3/h1,9-11H,6-8,13H2,2-4H3,(H,14,15). The van der Waals surface area contributed by atoms with Crippen molar-refractivity contribution < 1.29 is 4.79 Å². The van der Waals surface area contributed by atoms with E-state index < -0.39 is 6.04 Å². The molecule has 0 aliphatic carbocycles. The van der Waals surface area contributed by atoms with Crippen molar-refractivity contribution in [2.75, 3.05) is 0 Å². The number of nitrogens with two attached hydrogens (primary N) is 1. The summed E-state index contributed by atoms with van der Waals surface area (Å²) < 4.78 is 0. The van der Waals surface area contributed by atoms with E-state index in [1.807, 2.05) is 6.92 Å². The first kappa shape index (κ1) is 14.0. The molecule has 0 bridgehead atoms. The Balaban J connectivity index is 3.81. The topological polar surface area (TPSA) is 55.1 Å². The van der Waals surface area contributed by atoms with Crippen LogP contribution in [0.4, 0.5) is 0 Å². The molecular weight excluding hydrogens is 188 g/mol. The second-order valence-electron chi connectivity index (χ2n) is 4.40. The molecule has 0 saturated carbocycles. The van der Waals surface area contributed by atoms with Crippen LogP contribution in [-0.4, -0.2) is 18.0 Å². The van der Waals surface area contributed by atoms with Crippen molar-refractivity contribution in [2.24, 2.45) is 11.7 Å². The predicted molar refractivity (Wildman–Crippen MR) is 63.1 cm³/mol. The lowest BCUT2D eigenvalue weighted by Crippen LogP contribution is -2.44. The summed E-state index contributed by atoms with van der Waals surface area (Å²) in [7, 11) is 0. The Hall–Kier alpha value is -1.01. The largest absolute Gasteiger partial charge is 0.352 e. The van der Waals surface area contributed by atoms with Gasteiger partial charge in [-0.25, -0.2) is 0 Å². The van der Waals surface area contributed by atoms with E-state index in [0.717, 1.165) is 12.8 Å². The number of amides is 1. The molecule has 2 atom stereocenters. The van der Waals surface area contributed by atoms with E-state index in [4.69, 9.17) is 12.2 Å². The molecule has 3 N–H and O–H groups in total. The molecule has 0 rings (SSSR count). The summed E-state index contributed by atoms with van der Waals surface area (Å²) in [6.07, 6.45) is 7.46. The smallest absolute Gasteiger partial charge is 0.238 e. The summed E-state index contributed by atoms with van der Waals surface area (Å²) in [5, 5.41) is 2.86. The van der Waals surface area contributed by atoms with Crippen LogP contribution in [0.1, 0.15) is 40.0 Å². The molecule has 15 heavy (non-hydrogen) atoms. The zero-order chi connectivity index (χ0) is 11.8. The Morgan fingerprint density at radius 3 is 2.47 bits per heavy atom. The second kappa shape index (κ2) is 7.30. The number of carbonyl (C=O) groups is 1. The third-order valence-corrected chi connectivity index (χ3v) is 2.24. The third-order valence-electron chi connectivity index (χ3n) is 2.24. The number of nitrogens with one attached hydrogen (secondary N) is 1. The first-order valence-corrected chi connectivity index (χ1v) is 5.46. The molecule has 0 heterocycles. The number of carbonyl (C=O) groups excluding carboxylic acids is 1. The monoisotopic (exact) mass is 210 g/mol. The molecule has 1 amide bonds. The maximum atomic E-state index is 11.5. The highest BCUT2D eigenvalue weighted by Crippen LogP contribution is 2.06. The molecule has 0 aromatic rings. The van der Waals surface area contributed by atoms with Crippen LogP contribution in [0.2, 0.25) is 0 Å². The van der Waals surface area contributed by atoms with Gasteiger partial charge in [0, 0.05) is 12.5 Å². The fourth-order valence-electron chi connectivity index (χ4n) is 1.23. The minimum Gasteiger partial charge on any atom is -0.352 e. The van der Waals surface area contributed by atoms with Gasteiger partial charge in [-0.1, -0.05) is 13.8 Å². The minimum atomic E-state index is -0.573. The van der Waals surface area contributed by atoms with Crippen molar-refractivity contribution in [3.8, 4) is 12.3 Å². The van der Waals surface area contributed by atoms with E-state index in [9.17, 15) is 4.79 Å². The second-order valence-corrected chi connectivity index (χ2v) is 4.40. The summed E-state index contributed by atoms with van der Waals surface area (Å²) in [4.78, 5) is 11.5. The summed E-state index contributed by atoms with van der Waals surface area (Å²) in [6.45, 7) is 6.32. The summed E-state index contributed by atoms with van der Waals surface area (Å²) in [6, 6.07) is -0.403. The molecule has 0 fully saturated rings. The minimum absolute atomic E-state index is 0.149. The molecule has 0 aliphatic heterocycles. The molecule has 0 radical (unpaired) electrons. The SMILES string of the molecule is C#CCC(N)C(=O)NC(C)CCC(C)C. The van der Waals surface area contributed by atoms with Gasteiger partial charge in [0.1, 0.15) is 0 Å². The highest BCUT2D eigenvalue weighted by Gasteiger charge is 2.14. The fraction of sp³-hybridized carbons (Fsp3) is 0.750. The van der Waals surface area contributed by atoms with Gasteiger partial charge in [-0.05, 0) is 25.7 Å². The van der Waals surface area contributed by atoms with E-state index in [1.165, 1.54) is 0 Å². The fourth-order valence-corrected chi connectivity index (χ4v) is 1.23. The Morgan fingerprint density at radius 1 is 1.40 bits per heavy atom. The van der Waals surface area contributed by atoms with Gasteiger partial charge in [0.2, 0.25) is 5.91 Å². The highest BCUT2D eigenvalue weighted by molar-refractivity contribution is 5.82. The lowest BCUT2D eigenvalue weighted by Gasteiger charge is -2.17. The Morgan fingerprint density at radius 2 is 2.00 bits per heavy atom. The van der Waals surface area contributed by atoms with Gasteiger partial charge in [0.05, 0.1) is 6.04 Å². The third kappa shape index (κ3) is 6.98. The van der Waals surface area contributed by atoms with Gasteiger partial charge in [0.15, 0.2) is 0 Å². The average molecular weight is 210 g/mol. The molecular formula is C12H22N2O. The zero-order valence-corrected chi connectivity index (χ0v) is 9.92. The average Bonchev–Trinajstić information content (AvgIpc) is 2.15. The van der Waals surface area contributed by atoms with E-state index in [0.29, 0.717) is 12.3 Å². The Labute approximate surface area is 92.8 Å². The number of hydrogen-bond donors (Lipinski definition) is 2. The zero-order valence-electron chi connectivity index (χ0n) is 9.92. The van der Waals surface area contributed by atoms with Crippen LogP contribution >= 0.6 is 0 Å². The lowest BCUT2D eigenvalue weighted by atomic mass is 10.0. The maximum absolute atomic E-state index is 11.5. The number of terminal acetylenes is 1. The molecule has 2 unspecified atom stereocenters. The van der Waals surface area contributed by atoms with Crippen LogP contribution in [0.5, 0.6) is 0 Å².